The lowest BCUT2D eigenvalue weighted by atomic mass is 10.2. The number of benzene rings is 2. The van der Waals surface area contributed by atoms with E-state index >= 15 is 0 Å². The number of urea groups is 1. The van der Waals surface area contributed by atoms with Crippen molar-refractivity contribution in [2.45, 2.75) is 6.92 Å². The van der Waals surface area contributed by atoms with E-state index in [-0.39, 0.29) is 6.03 Å². The molecule has 21 heavy (non-hydrogen) atoms. The fourth-order valence-electron chi connectivity index (χ4n) is 1.91. The van der Waals surface area contributed by atoms with Crippen LogP contribution in [0.4, 0.5) is 27.5 Å². The summed E-state index contributed by atoms with van der Waals surface area (Å²) in [4.78, 5) is 14.0. The van der Waals surface area contributed by atoms with Crippen molar-refractivity contribution in [3.63, 3.8) is 0 Å². The Hall–Kier alpha value is -2.69. The fraction of sp³-hybridized carbons (Fsp3) is 0.188. The second-order valence-corrected chi connectivity index (χ2v) is 5.11. The van der Waals surface area contributed by atoms with Gasteiger partial charge < -0.3 is 21.3 Å². The lowest BCUT2D eigenvalue weighted by Crippen LogP contribution is -2.20. The Kier molecular flexibility index (Phi) is 4.33. The molecule has 0 aromatic heterocycles. The summed E-state index contributed by atoms with van der Waals surface area (Å²) < 4.78 is 0. The van der Waals surface area contributed by atoms with Crippen LogP contribution in [-0.2, 0) is 0 Å². The first-order chi connectivity index (χ1) is 9.95. The third kappa shape index (κ3) is 3.89. The number of nitrogens with one attached hydrogen (secondary N) is 2. The zero-order chi connectivity index (χ0) is 15.4. The number of carbonyl (C=O) groups excluding carboxylic acids is 1. The predicted molar refractivity (Wildman–Crippen MR) is 89.0 cm³/mol. The zero-order valence-electron chi connectivity index (χ0n) is 12.5. The first-order valence-corrected chi connectivity index (χ1v) is 6.67. The molecule has 0 saturated carbocycles. The van der Waals surface area contributed by atoms with E-state index in [9.17, 15) is 4.79 Å². The Balaban J connectivity index is 2.03. The number of hydrogen-bond donors (Lipinski definition) is 3. The van der Waals surface area contributed by atoms with Crippen LogP contribution < -0.4 is 21.3 Å². The molecular formula is C16H20N4O. The molecule has 0 aliphatic carbocycles. The third-order valence-electron chi connectivity index (χ3n) is 3.10. The van der Waals surface area contributed by atoms with Crippen molar-refractivity contribution in [1.82, 2.24) is 0 Å². The van der Waals surface area contributed by atoms with Crippen molar-refractivity contribution < 1.29 is 4.79 Å². The predicted octanol–water partition coefficient (Wildman–Crippen LogP) is 3.29. The molecule has 4 N–H and O–H groups in total. The van der Waals surface area contributed by atoms with Crippen molar-refractivity contribution in [3.05, 3.63) is 48.0 Å². The van der Waals surface area contributed by atoms with Crippen molar-refractivity contribution in [2.24, 2.45) is 0 Å². The highest BCUT2D eigenvalue weighted by molar-refractivity contribution is 6.01. The van der Waals surface area contributed by atoms with Crippen LogP contribution in [0.5, 0.6) is 0 Å². The van der Waals surface area contributed by atoms with Crippen LogP contribution in [0.3, 0.4) is 0 Å². The molecule has 0 radical (unpaired) electrons. The van der Waals surface area contributed by atoms with Gasteiger partial charge in [0.05, 0.1) is 11.4 Å². The maximum atomic E-state index is 12.0. The summed E-state index contributed by atoms with van der Waals surface area (Å²) in [5.41, 5.74) is 9.82. The van der Waals surface area contributed by atoms with Gasteiger partial charge in [-0.05, 0) is 48.9 Å². The van der Waals surface area contributed by atoms with Gasteiger partial charge in [0.25, 0.3) is 0 Å². The van der Waals surface area contributed by atoms with E-state index in [2.05, 4.69) is 10.6 Å². The molecule has 0 heterocycles. The normalized spacial score (nSPS) is 10.0. The SMILES string of the molecule is Cc1ccc(N)c(NC(=O)Nc2ccc(N(C)C)cc2)c1. The quantitative estimate of drug-likeness (QED) is 0.757. The number of rotatable bonds is 3. The van der Waals surface area contributed by atoms with Gasteiger partial charge in [-0.25, -0.2) is 4.79 Å². The highest BCUT2D eigenvalue weighted by atomic mass is 16.2. The molecule has 5 heteroatoms. The molecule has 0 saturated heterocycles. The molecular weight excluding hydrogens is 264 g/mol. The van der Waals surface area contributed by atoms with Crippen LogP contribution in [0.2, 0.25) is 0 Å². The summed E-state index contributed by atoms with van der Waals surface area (Å²) in [7, 11) is 3.94. The minimum absolute atomic E-state index is 0.315. The maximum Gasteiger partial charge on any atom is 0.323 e. The summed E-state index contributed by atoms with van der Waals surface area (Å²) in [6.45, 7) is 1.95. The monoisotopic (exact) mass is 284 g/mol. The van der Waals surface area contributed by atoms with Gasteiger partial charge in [0.15, 0.2) is 0 Å². The molecule has 0 unspecified atom stereocenters. The first-order valence-electron chi connectivity index (χ1n) is 6.67. The second-order valence-electron chi connectivity index (χ2n) is 5.11. The third-order valence-corrected chi connectivity index (χ3v) is 3.10. The Morgan fingerprint density at radius 1 is 1.05 bits per heavy atom. The van der Waals surface area contributed by atoms with Crippen molar-refractivity contribution in [1.29, 1.82) is 0 Å². The molecule has 110 valence electrons. The summed E-state index contributed by atoms with van der Waals surface area (Å²) in [6.07, 6.45) is 0. The van der Waals surface area contributed by atoms with Crippen LogP contribution in [0, 0.1) is 6.92 Å². The number of nitrogens with two attached hydrogens (primary N) is 1. The summed E-state index contributed by atoms with van der Waals surface area (Å²) in [6, 6.07) is 12.8. The second kappa shape index (κ2) is 6.17. The number of carbonyl (C=O) groups is 1. The number of aryl methyl sites for hydroxylation is 1. The number of nitrogen functional groups attached to an aromatic ring is 1. The molecule has 2 aromatic rings. The number of hydrogen-bond acceptors (Lipinski definition) is 3. The van der Waals surface area contributed by atoms with E-state index in [0.717, 1.165) is 16.9 Å². The molecule has 2 aromatic carbocycles. The van der Waals surface area contributed by atoms with E-state index in [1.54, 1.807) is 6.07 Å². The van der Waals surface area contributed by atoms with E-state index in [4.69, 9.17) is 5.73 Å². The van der Waals surface area contributed by atoms with E-state index in [1.807, 2.05) is 62.3 Å². The van der Waals surface area contributed by atoms with Gasteiger partial charge in [-0.3, -0.25) is 0 Å². The minimum Gasteiger partial charge on any atom is -0.397 e. The van der Waals surface area contributed by atoms with Gasteiger partial charge in [0, 0.05) is 25.5 Å². The average molecular weight is 284 g/mol. The van der Waals surface area contributed by atoms with Gasteiger partial charge in [0.2, 0.25) is 0 Å². The van der Waals surface area contributed by atoms with Crippen molar-refractivity contribution in [2.75, 3.05) is 35.4 Å². The topological polar surface area (TPSA) is 70.4 Å². The van der Waals surface area contributed by atoms with Gasteiger partial charge >= 0.3 is 6.03 Å². The molecule has 2 amide bonds. The molecule has 0 bridgehead atoms. The smallest absolute Gasteiger partial charge is 0.323 e. The maximum absolute atomic E-state index is 12.0. The Bertz CT molecular complexity index is 635. The first kappa shape index (κ1) is 14.7. The molecule has 0 aliphatic heterocycles. The highest BCUT2D eigenvalue weighted by Crippen LogP contribution is 2.20. The number of anilines is 4. The van der Waals surface area contributed by atoms with E-state index < -0.39 is 0 Å². The van der Waals surface area contributed by atoms with Gasteiger partial charge in [-0.2, -0.15) is 0 Å². The van der Waals surface area contributed by atoms with Crippen LogP contribution in [0.1, 0.15) is 5.56 Å². The Morgan fingerprint density at radius 3 is 2.33 bits per heavy atom. The summed E-state index contributed by atoms with van der Waals surface area (Å²) in [5, 5.41) is 5.53. The van der Waals surface area contributed by atoms with Crippen LogP contribution in [0.15, 0.2) is 42.5 Å². The standard InChI is InChI=1S/C16H20N4O/c1-11-4-9-14(17)15(10-11)19-16(21)18-12-5-7-13(8-6-12)20(2)3/h4-10H,17H2,1-3H3,(H2,18,19,21). The van der Waals surface area contributed by atoms with Gasteiger partial charge in [0.1, 0.15) is 0 Å². The number of nitrogens with zero attached hydrogens (tertiary/aromatic N) is 1. The largest absolute Gasteiger partial charge is 0.397 e. The lowest BCUT2D eigenvalue weighted by Gasteiger charge is -2.14. The number of amides is 2. The van der Waals surface area contributed by atoms with Crippen LogP contribution in [-0.4, -0.2) is 20.1 Å². The van der Waals surface area contributed by atoms with Gasteiger partial charge in [-0.15, -0.1) is 0 Å². The molecule has 0 fully saturated rings. The highest BCUT2D eigenvalue weighted by Gasteiger charge is 2.06. The summed E-state index contributed by atoms with van der Waals surface area (Å²) in [5.74, 6) is 0. The zero-order valence-corrected chi connectivity index (χ0v) is 12.5. The van der Waals surface area contributed by atoms with E-state index in [1.165, 1.54) is 0 Å². The van der Waals surface area contributed by atoms with Crippen LogP contribution >= 0.6 is 0 Å². The Morgan fingerprint density at radius 2 is 1.71 bits per heavy atom. The molecule has 2 rings (SSSR count). The molecule has 0 spiro atoms. The molecule has 0 aliphatic rings. The molecule has 0 atom stereocenters. The summed E-state index contributed by atoms with van der Waals surface area (Å²) >= 11 is 0. The van der Waals surface area contributed by atoms with Gasteiger partial charge in [-0.1, -0.05) is 6.07 Å². The fourth-order valence-corrected chi connectivity index (χ4v) is 1.91. The Labute approximate surface area is 124 Å². The molecule has 5 nitrogen and oxygen atoms in total. The van der Waals surface area contributed by atoms with Crippen LogP contribution in [0.25, 0.3) is 0 Å². The van der Waals surface area contributed by atoms with E-state index in [0.29, 0.717) is 11.4 Å². The van der Waals surface area contributed by atoms with Crippen molar-refractivity contribution >= 4 is 28.8 Å². The van der Waals surface area contributed by atoms with Crippen molar-refractivity contribution in [3.8, 4) is 0 Å². The average Bonchev–Trinajstić information content (AvgIpc) is 2.43. The lowest BCUT2D eigenvalue weighted by molar-refractivity contribution is 0.262. The minimum atomic E-state index is -0.315.